The Hall–Kier alpha value is -4.01. The number of hydrogen-bond donors (Lipinski definition) is 1. The third-order valence-electron chi connectivity index (χ3n) is 5.91. The molecule has 0 bridgehead atoms. The van der Waals surface area contributed by atoms with E-state index in [0.29, 0.717) is 11.6 Å². The molecule has 0 aliphatic carbocycles. The third kappa shape index (κ3) is 5.87. The number of sulfonamides is 1. The van der Waals surface area contributed by atoms with E-state index in [1.54, 1.807) is 47.7 Å². The molecule has 1 aliphatic rings. The van der Waals surface area contributed by atoms with Crippen molar-refractivity contribution < 1.29 is 8.42 Å². The maximum atomic E-state index is 13.3. The van der Waals surface area contributed by atoms with E-state index in [-0.39, 0.29) is 23.3 Å². The molecule has 0 saturated heterocycles. The highest BCUT2D eigenvalue weighted by molar-refractivity contribution is 7.90. The Labute approximate surface area is 221 Å². The number of rotatable bonds is 6. The second kappa shape index (κ2) is 10.9. The van der Waals surface area contributed by atoms with E-state index in [2.05, 4.69) is 14.7 Å². The number of pyridine rings is 1. The molecule has 1 aromatic heterocycles. The van der Waals surface area contributed by atoms with Crippen molar-refractivity contribution in [2.75, 3.05) is 6.54 Å². The van der Waals surface area contributed by atoms with Crippen LogP contribution in [0.5, 0.6) is 0 Å². The number of nitrogens with one attached hydrogen (secondary N) is 1. The maximum absolute atomic E-state index is 13.3. The first-order valence-electron chi connectivity index (χ1n) is 11.7. The molecule has 37 heavy (non-hydrogen) atoms. The average Bonchev–Trinajstić information content (AvgIpc) is 3.38. The van der Waals surface area contributed by atoms with Gasteiger partial charge in [-0.25, -0.2) is 23.1 Å². The summed E-state index contributed by atoms with van der Waals surface area (Å²) in [5.41, 5.74) is 3.62. The highest BCUT2D eigenvalue weighted by Gasteiger charge is 2.33. The Morgan fingerprint density at radius 1 is 0.946 bits per heavy atom. The van der Waals surface area contributed by atoms with Crippen molar-refractivity contribution >= 4 is 33.3 Å². The lowest BCUT2D eigenvalue weighted by Gasteiger charge is -2.20. The minimum absolute atomic E-state index is 0.104. The zero-order valence-corrected chi connectivity index (χ0v) is 21.3. The number of benzene rings is 3. The van der Waals surface area contributed by atoms with Crippen LogP contribution in [0.25, 0.3) is 0 Å². The van der Waals surface area contributed by atoms with Gasteiger partial charge < -0.3 is 0 Å². The lowest BCUT2D eigenvalue weighted by molar-refractivity contribution is 0.460. The zero-order valence-electron chi connectivity index (χ0n) is 19.8. The van der Waals surface area contributed by atoms with Crippen LogP contribution in [0.15, 0.2) is 124 Å². The van der Waals surface area contributed by atoms with Gasteiger partial charge in [-0.1, -0.05) is 78.3 Å². The van der Waals surface area contributed by atoms with E-state index in [1.165, 1.54) is 0 Å². The Kier molecular flexibility index (Phi) is 7.30. The molecule has 2 heterocycles. The predicted molar refractivity (Wildman–Crippen MR) is 146 cm³/mol. The minimum atomic E-state index is -3.90. The van der Waals surface area contributed by atoms with Gasteiger partial charge >= 0.3 is 0 Å². The summed E-state index contributed by atoms with van der Waals surface area (Å²) in [6.45, 7) is 0.643. The number of hydrazone groups is 1. The number of aromatic nitrogens is 1. The Balaban J connectivity index is 1.54. The van der Waals surface area contributed by atoms with E-state index < -0.39 is 10.0 Å². The molecule has 4 aromatic rings. The molecule has 0 fully saturated rings. The smallest absolute Gasteiger partial charge is 0.264 e. The second-order valence-electron chi connectivity index (χ2n) is 8.46. The number of nitrogens with zero attached hydrogens (tertiary/aromatic N) is 4. The van der Waals surface area contributed by atoms with E-state index in [1.807, 2.05) is 66.7 Å². The number of aliphatic imine (C=N–C) groups is 1. The molecular formula is C28H24ClN5O2S. The van der Waals surface area contributed by atoms with Gasteiger partial charge in [-0.2, -0.15) is 5.10 Å². The van der Waals surface area contributed by atoms with Gasteiger partial charge in [0.05, 0.1) is 23.7 Å². The molecule has 0 spiro atoms. The molecule has 186 valence electrons. The largest absolute Gasteiger partial charge is 0.264 e. The minimum Gasteiger partial charge on any atom is -0.264 e. The fourth-order valence-electron chi connectivity index (χ4n) is 4.07. The first-order chi connectivity index (χ1) is 18.0. The highest BCUT2D eigenvalue weighted by atomic mass is 35.5. The first-order valence-corrected chi connectivity index (χ1v) is 13.5. The molecule has 0 amide bonds. The molecule has 1 N–H and O–H groups in total. The van der Waals surface area contributed by atoms with E-state index >= 15 is 0 Å². The average molecular weight is 530 g/mol. The number of guanidine groups is 1. The summed E-state index contributed by atoms with van der Waals surface area (Å²) >= 11 is 6.13. The van der Waals surface area contributed by atoms with Crippen molar-refractivity contribution in [1.29, 1.82) is 0 Å². The fourth-order valence-corrected chi connectivity index (χ4v) is 5.23. The van der Waals surface area contributed by atoms with Gasteiger partial charge in [0.1, 0.15) is 0 Å². The van der Waals surface area contributed by atoms with E-state index in [0.717, 1.165) is 22.4 Å². The number of halogens is 1. The molecular weight excluding hydrogens is 506 g/mol. The lowest BCUT2D eigenvalue weighted by Crippen LogP contribution is -2.41. The van der Waals surface area contributed by atoms with Gasteiger partial charge in [0.15, 0.2) is 0 Å². The van der Waals surface area contributed by atoms with Gasteiger partial charge in [-0.05, 0) is 47.0 Å². The van der Waals surface area contributed by atoms with Crippen molar-refractivity contribution in [2.24, 2.45) is 10.1 Å². The van der Waals surface area contributed by atoms with Crippen LogP contribution in [0.4, 0.5) is 0 Å². The summed E-state index contributed by atoms with van der Waals surface area (Å²) < 4.78 is 29.2. The standard InChI is InChI=1S/C28H24ClN5O2S/c29-24-15-13-23(14-16-24)27-26(22-9-3-1-4-10-22)20-34(32-27)28(31-19-21-8-7-17-30-18-21)33-37(35,36)25-11-5-2-6-12-25/h1-18,26H,19-20H2,(H,31,33). The Morgan fingerprint density at radius 2 is 1.65 bits per heavy atom. The Bertz CT molecular complexity index is 1510. The number of hydrogen-bond acceptors (Lipinski definition) is 5. The molecule has 5 rings (SSSR count). The quantitative estimate of drug-likeness (QED) is 0.279. The van der Waals surface area contributed by atoms with Crippen LogP contribution in [0, 0.1) is 0 Å². The first kappa shape index (κ1) is 24.7. The topological polar surface area (TPSA) is 87.0 Å². The summed E-state index contributed by atoms with van der Waals surface area (Å²) in [6, 6.07) is 29.4. The van der Waals surface area contributed by atoms with Crippen LogP contribution in [-0.2, 0) is 16.6 Å². The van der Waals surface area contributed by atoms with Crippen molar-refractivity contribution in [3.63, 3.8) is 0 Å². The van der Waals surface area contributed by atoms with Gasteiger partial charge in [0.2, 0.25) is 5.96 Å². The molecule has 1 aliphatic heterocycles. The highest BCUT2D eigenvalue weighted by Crippen LogP contribution is 2.29. The molecule has 7 nitrogen and oxygen atoms in total. The van der Waals surface area contributed by atoms with Gasteiger partial charge in [-0.3, -0.25) is 4.98 Å². The monoisotopic (exact) mass is 529 g/mol. The molecule has 9 heteroatoms. The van der Waals surface area contributed by atoms with Crippen molar-refractivity contribution in [2.45, 2.75) is 17.4 Å². The summed E-state index contributed by atoms with van der Waals surface area (Å²) in [5.74, 6) is 0.0322. The van der Waals surface area contributed by atoms with E-state index in [4.69, 9.17) is 16.7 Å². The van der Waals surface area contributed by atoms with Crippen molar-refractivity contribution in [3.05, 3.63) is 131 Å². The van der Waals surface area contributed by atoms with Crippen molar-refractivity contribution in [1.82, 2.24) is 14.7 Å². The van der Waals surface area contributed by atoms with Crippen LogP contribution in [0.2, 0.25) is 5.02 Å². The summed E-state index contributed by atoms with van der Waals surface area (Å²) in [6.07, 6.45) is 3.38. The zero-order chi connectivity index (χ0) is 25.7. The molecule has 3 aromatic carbocycles. The summed E-state index contributed by atoms with van der Waals surface area (Å²) in [7, 11) is -3.90. The van der Waals surface area contributed by atoms with E-state index in [9.17, 15) is 8.42 Å². The van der Waals surface area contributed by atoms with Gasteiger partial charge in [0, 0.05) is 23.3 Å². The molecule has 0 saturated carbocycles. The van der Waals surface area contributed by atoms with Crippen LogP contribution >= 0.6 is 11.6 Å². The Morgan fingerprint density at radius 3 is 2.32 bits per heavy atom. The van der Waals surface area contributed by atoms with Crippen LogP contribution in [0.1, 0.15) is 22.6 Å². The second-order valence-corrected chi connectivity index (χ2v) is 10.6. The normalized spacial score (nSPS) is 15.9. The van der Waals surface area contributed by atoms with Gasteiger partial charge in [0.25, 0.3) is 10.0 Å². The van der Waals surface area contributed by atoms with Gasteiger partial charge in [-0.15, -0.1) is 0 Å². The summed E-state index contributed by atoms with van der Waals surface area (Å²) in [4.78, 5) is 8.92. The predicted octanol–water partition coefficient (Wildman–Crippen LogP) is 5.07. The van der Waals surface area contributed by atoms with Crippen LogP contribution in [-0.4, -0.2) is 36.6 Å². The molecule has 1 atom stereocenters. The lowest BCUT2D eigenvalue weighted by atomic mass is 9.91. The molecule has 0 radical (unpaired) electrons. The third-order valence-corrected chi connectivity index (χ3v) is 7.51. The summed E-state index contributed by atoms with van der Waals surface area (Å²) in [5, 5.41) is 7.12. The fraction of sp³-hybridized carbons (Fsp3) is 0.107. The maximum Gasteiger partial charge on any atom is 0.264 e. The van der Waals surface area contributed by atoms with Crippen LogP contribution in [0.3, 0.4) is 0 Å². The van der Waals surface area contributed by atoms with Crippen molar-refractivity contribution in [3.8, 4) is 0 Å². The molecule has 1 unspecified atom stereocenters. The van der Waals surface area contributed by atoms with Crippen LogP contribution < -0.4 is 4.72 Å². The SMILES string of the molecule is O=S(=O)(NC(=NCc1cccnc1)N1CC(c2ccccc2)C(c2ccc(Cl)cc2)=N1)c1ccccc1.